The zero-order valence-corrected chi connectivity index (χ0v) is 19.7. The molecule has 34 heavy (non-hydrogen) atoms. The maximum atomic E-state index is 12.9. The SMILES string of the molecule is C[C@H](NC(=O)c1cccc(NCc2nnc(-c3ccncn3)n2CCO)c1)C1NCCCC1Cl. The number of anilines is 1. The van der Waals surface area contributed by atoms with Crippen molar-refractivity contribution in [2.75, 3.05) is 18.5 Å². The van der Waals surface area contributed by atoms with Gasteiger partial charge in [0.05, 0.1) is 18.5 Å². The van der Waals surface area contributed by atoms with Crippen LogP contribution in [0.1, 0.15) is 35.9 Å². The molecule has 180 valence electrons. The van der Waals surface area contributed by atoms with E-state index in [1.807, 2.05) is 23.6 Å². The van der Waals surface area contributed by atoms with E-state index in [9.17, 15) is 9.90 Å². The Balaban J connectivity index is 1.42. The normalized spacial score (nSPS) is 18.9. The van der Waals surface area contributed by atoms with E-state index in [2.05, 4.69) is 36.1 Å². The Bertz CT molecular complexity index is 1090. The second kappa shape index (κ2) is 11.4. The van der Waals surface area contributed by atoms with Crippen LogP contribution < -0.4 is 16.0 Å². The number of alkyl halides is 1. The van der Waals surface area contributed by atoms with Crippen molar-refractivity contribution in [3.8, 4) is 11.5 Å². The van der Waals surface area contributed by atoms with E-state index in [1.165, 1.54) is 6.33 Å². The van der Waals surface area contributed by atoms with E-state index < -0.39 is 0 Å². The predicted octanol–water partition coefficient (Wildman–Crippen LogP) is 1.82. The van der Waals surface area contributed by atoms with E-state index >= 15 is 0 Å². The summed E-state index contributed by atoms with van der Waals surface area (Å²) in [6, 6.07) is 8.99. The number of benzene rings is 1. The number of rotatable bonds is 9. The topological polar surface area (TPSA) is 130 Å². The van der Waals surface area contributed by atoms with Gasteiger partial charge in [-0.05, 0) is 50.6 Å². The highest BCUT2D eigenvalue weighted by atomic mass is 35.5. The van der Waals surface area contributed by atoms with E-state index in [4.69, 9.17) is 11.6 Å². The van der Waals surface area contributed by atoms with Crippen molar-refractivity contribution in [2.45, 2.75) is 50.3 Å². The smallest absolute Gasteiger partial charge is 0.251 e. The van der Waals surface area contributed by atoms with Gasteiger partial charge in [0, 0.05) is 36.1 Å². The van der Waals surface area contributed by atoms with Crippen molar-refractivity contribution >= 4 is 23.2 Å². The third-order valence-electron chi connectivity index (χ3n) is 5.86. The van der Waals surface area contributed by atoms with Crippen molar-refractivity contribution in [3.63, 3.8) is 0 Å². The molecule has 0 aliphatic carbocycles. The average molecular weight is 485 g/mol. The first kappa shape index (κ1) is 24.1. The molecule has 1 saturated heterocycles. The van der Waals surface area contributed by atoms with Gasteiger partial charge in [-0.3, -0.25) is 4.79 Å². The quantitative estimate of drug-likeness (QED) is 0.338. The predicted molar refractivity (Wildman–Crippen MR) is 129 cm³/mol. The van der Waals surface area contributed by atoms with Crippen molar-refractivity contribution in [3.05, 3.63) is 54.2 Å². The lowest BCUT2D eigenvalue weighted by Gasteiger charge is -2.33. The molecule has 0 radical (unpaired) electrons. The third kappa shape index (κ3) is 5.69. The molecule has 2 unspecified atom stereocenters. The molecular formula is C23H29ClN8O2. The van der Waals surface area contributed by atoms with Crippen LogP contribution in [-0.2, 0) is 13.1 Å². The van der Waals surface area contributed by atoms with E-state index in [1.54, 1.807) is 24.4 Å². The second-order valence-electron chi connectivity index (χ2n) is 8.24. The molecule has 3 atom stereocenters. The number of nitrogens with zero attached hydrogens (tertiary/aromatic N) is 5. The molecule has 2 aromatic heterocycles. The Morgan fingerprint density at radius 3 is 3.00 bits per heavy atom. The molecule has 4 rings (SSSR count). The minimum Gasteiger partial charge on any atom is -0.395 e. The van der Waals surface area contributed by atoms with Crippen LogP contribution in [0.25, 0.3) is 11.5 Å². The first-order valence-electron chi connectivity index (χ1n) is 11.4. The van der Waals surface area contributed by atoms with Gasteiger partial charge in [0.2, 0.25) is 0 Å². The minimum atomic E-state index is -0.151. The van der Waals surface area contributed by atoms with Crippen LogP contribution in [0.5, 0.6) is 0 Å². The van der Waals surface area contributed by atoms with Crippen molar-refractivity contribution in [2.24, 2.45) is 0 Å². The first-order chi connectivity index (χ1) is 16.6. The molecule has 1 fully saturated rings. The van der Waals surface area contributed by atoms with Crippen LogP contribution in [0, 0.1) is 0 Å². The molecule has 1 aliphatic heterocycles. The number of nitrogens with one attached hydrogen (secondary N) is 3. The number of aliphatic hydroxyl groups is 1. The summed E-state index contributed by atoms with van der Waals surface area (Å²) in [5, 5.41) is 27.8. The molecule has 0 spiro atoms. The fourth-order valence-electron chi connectivity index (χ4n) is 4.11. The maximum absolute atomic E-state index is 12.9. The fraction of sp³-hybridized carbons (Fsp3) is 0.435. The van der Waals surface area contributed by atoms with Gasteiger partial charge < -0.3 is 25.6 Å². The Morgan fingerprint density at radius 2 is 2.24 bits per heavy atom. The highest BCUT2D eigenvalue weighted by Crippen LogP contribution is 2.19. The number of hydrogen-bond acceptors (Lipinski definition) is 8. The van der Waals surface area contributed by atoms with E-state index in [-0.39, 0.29) is 30.0 Å². The van der Waals surface area contributed by atoms with Crippen LogP contribution in [0.4, 0.5) is 5.69 Å². The van der Waals surface area contributed by atoms with Gasteiger partial charge in [0.1, 0.15) is 12.0 Å². The summed E-state index contributed by atoms with van der Waals surface area (Å²) in [5.74, 6) is 1.05. The summed E-state index contributed by atoms with van der Waals surface area (Å²) < 4.78 is 1.81. The van der Waals surface area contributed by atoms with Gasteiger partial charge in [-0.1, -0.05) is 6.07 Å². The van der Waals surface area contributed by atoms with Gasteiger partial charge in [-0.2, -0.15) is 0 Å². The zero-order valence-electron chi connectivity index (χ0n) is 19.0. The summed E-state index contributed by atoms with van der Waals surface area (Å²) in [6.45, 7) is 3.52. The number of amides is 1. The number of piperidine rings is 1. The Hall–Kier alpha value is -3.08. The molecule has 10 nitrogen and oxygen atoms in total. The number of carbonyl (C=O) groups is 1. The van der Waals surface area contributed by atoms with E-state index in [0.717, 1.165) is 25.1 Å². The lowest BCUT2D eigenvalue weighted by atomic mass is 9.98. The van der Waals surface area contributed by atoms with Crippen LogP contribution in [0.15, 0.2) is 42.9 Å². The zero-order chi connectivity index (χ0) is 23.9. The van der Waals surface area contributed by atoms with Crippen molar-refractivity contribution in [1.82, 2.24) is 35.4 Å². The highest BCUT2D eigenvalue weighted by molar-refractivity contribution is 6.21. The Labute approximate surface area is 203 Å². The molecule has 1 amide bonds. The second-order valence-corrected chi connectivity index (χ2v) is 8.80. The van der Waals surface area contributed by atoms with Crippen LogP contribution >= 0.6 is 11.6 Å². The van der Waals surface area contributed by atoms with E-state index in [0.29, 0.717) is 36.0 Å². The minimum absolute atomic E-state index is 0.000521. The molecular weight excluding hydrogens is 456 g/mol. The van der Waals surface area contributed by atoms with Crippen molar-refractivity contribution in [1.29, 1.82) is 0 Å². The van der Waals surface area contributed by atoms with Crippen LogP contribution in [0.3, 0.4) is 0 Å². The number of carbonyl (C=O) groups excluding carboxylic acids is 1. The largest absolute Gasteiger partial charge is 0.395 e. The standard InChI is InChI=1S/C23H29ClN8O2/c1-15(21-18(24)6-3-8-26-21)29-23(34)16-4-2-5-17(12-16)27-13-20-30-31-22(32(20)10-11-33)19-7-9-25-14-28-19/h2,4-5,7,9,12,14-15,18,21,26-27,33H,3,6,8,10-11,13H2,1H3,(H,29,34)/t15-,18?,21?/m0/s1. The first-order valence-corrected chi connectivity index (χ1v) is 11.8. The molecule has 11 heteroatoms. The summed E-state index contributed by atoms with van der Waals surface area (Å²) in [7, 11) is 0. The number of aromatic nitrogens is 5. The van der Waals surface area contributed by atoms with Crippen LogP contribution in [0.2, 0.25) is 0 Å². The lowest BCUT2D eigenvalue weighted by molar-refractivity contribution is 0.0928. The summed E-state index contributed by atoms with van der Waals surface area (Å²) in [4.78, 5) is 21.0. The molecule has 1 aromatic carbocycles. The maximum Gasteiger partial charge on any atom is 0.251 e. The fourth-order valence-corrected chi connectivity index (χ4v) is 4.57. The van der Waals surface area contributed by atoms with Gasteiger partial charge in [0.25, 0.3) is 5.91 Å². The number of hydrogen-bond donors (Lipinski definition) is 4. The number of halogens is 1. The molecule has 3 aromatic rings. The summed E-state index contributed by atoms with van der Waals surface area (Å²) in [6.07, 6.45) is 5.07. The molecule has 0 bridgehead atoms. The van der Waals surface area contributed by atoms with Crippen molar-refractivity contribution < 1.29 is 9.90 Å². The monoisotopic (exact) mass is 484 g/mol. The molecule has 3 heterocycles. The van der Waals surface area contributed by atoms with Gasteiger partial charge in [0.15, 0.2) is 11.6 Å². The lowest BCUT2D eigenvalue weighted by Crippen LogP contribution is -2.55. The molecule has 4 N–H and O–H groups in total. The Kier molecular flexibility index (Phi) is 8.04. The summed E-state index contributed by atoms with van der Waals surface area (Å²) in [5.41, 5.74) is 1.95. The summed E-state index contributed by atoms with van der Waals surface area (Å²) >= 11 is 6.45. The average Bonchev–Trinajstić information content (AvgIpc) is 3.26. The van der Waals surface area contributed by atoms with Gasteiger partial charge >= 0.3 is 0 Å². The highest BCUT2D eigenvalue weighted by Gasteiger charge is 2.28. The van der Waals surface area contributed by atoms with Gasteiger partial charge in [-0.25, -0.2) is 9.97 Å². The number of aliphatic hydroxyl groups excluding tert-OH is 1. The Morgan fingerprint density at radius 1 is 1.35 bits per heavy atom. The molecule has 1 aliphatic rings. The van der Waals surface area contributed by atoms with Crippen LogP contribution in [-0.4, -0.2) is 66.4 Å². The third-order valence-corrected chi connectivity index (χ3v) is 6.35. The van der Waals surface area contributed by atoms with Gasteiger partial charge in [-0.15, -0.1) is 21.8 Å². The molecule has 0 saturated carbocycles.